The first kappa shape index (κ1) is 8.97. The van der Waals surface area contributed by atoms with E-state index in [1.807, 2.05) is 0 Å². The Morgan fingerprint density at radius 2 is 2.09 bits per heavy atom. The molecule has 65 valence electrons. The van der Waals surface area contributed by atoms with Crippen molar-refractivity contribution in [3.8, 4) is 0 Å². The average molecular weight is 158 g/mol. The second kappa shape index (κ2) is 3.52. The minimum atomic E-state index is -0.343. The van der Waals surface area contributed by atoms with Crippen LogP contribution in [0.5, 0.6) is 0 Å². The molecule has 1 aliphatic rings. The van der Waals surface area contributed by atoms with E-state index >= 15 is 0 Å². The van der Waals surface area contributed by atoms with Crippen LogP contribution in [0.15, 0.2) is 0 Å². The van der Waals surface area contributed by atoms with E-state index in [0.717, 1.165) is 12.8 Å². The lowest BCUT2D eigenvalue weighted by atomic mass is 10.1. The predicted octanol–water partition coefficient (Wildman–Crippen LogP) is 1.11. The molecule has 3 heteroatoms. The molecule has 0 aromatic heterocycles. The van der Waals surface area contributed by atoms with Crippen molar-refractivity contribution in [3.05, 3.63) is 0 Å². The largest absolute Gasteiger partial charge is 0.346 e. The van der Waals surface area contributed by atoms with Crippen molar-refractivity contribution in [2.24, 2.45) is 0 Å². The molecule has 1 rings (SSSR count). The van der Waals surface area contributed by atoms with Crippen LogP contribution >= 0.6 is 0 Å². The molecule has 0 saturated carbocycles. The fourth-order valence-corrected chi connectivity index (χ4v) is 1.29. The third-order valence-corrected chi connectivity index (χ3v) is 2.21. The van der Waals surface area contributed by atoms with Gasteiger partial charge in [-0.15, -0.1) is 0 Å². The summed E-state index contributed by atoms with van der Waals surface area (Å²) in [4.78, 5) is 0. The van der Waals surface area contributed by atoms with Gasteiger partial charge in [-0.1, -0.05) is 13.8 Å². The van der Waals surface area contributed by atoms with Crippen LogP contribution in [0.2, 0.25) is 0 Å². The topological polar surface area (TPSA) is 32.6 Å². The lowest BCUT2D eigenvalue weighted by Crippen LogP contribution is -2.30. The normalized spacial score (nSPS) is 29.2. The van der Waals surface area contributed by atoms with E-state index in [9.17, 15) is 0 Å². The molecule has 3 nitrogen and oxygen atoms in total. The van der Waals surface area contributed by atoms with Gasteiger partial charge in [0.25, 0.3) is 0 Å². The molecular weight excluding hydrogens is 142 g/mol. The van der Waals surface area contributed by atoms with Crippen molar-refractivity contribution in [1.82, 2.24) is 5.32 Å². The van der Waals surface area contributed by atoms with Gasteiger partial charge >= 0.3 is 0 Å². The molecule has 0 amide bonds. The molecule has 0 aliphatic carbocycles. The Morgan fingerprint density at radius 3 is 2.36 bits per heavy atom. The van der Waals surface area contributed by atoms with Crippen molar-refractivity contribution in [3.63, 3.8) is 0 Å². The zero-order chi connectivity index (χ0) is 8.32. The second-order valence-corrected chi connectivity index (χ2v) is 2.76. The molecule has 1 atom stereocenters. The quantitative estimate of drug-likeness (QED) is 0.616. The Balaban J connectivity index is 2.48. The lowest BCUT2D eigenvalue weighted by Gasteiger charge is -2.24. The number of hydrogen-bond donors (Lipinski definition) is 0. The van der Waals surface area contributed by atoms with E-state index in [1.165, 1.54) is 0 Å². The minimum absolute atomic E-state index is 0.0464. The molecule has 0 aromatic carbocycles. The molecule has 0 unspecified atom stereocenters. The fourth-order valence-electron chi connectivity index (χ4n) is 1.29. The molecule has 1 aliphatic heterocycles. The van der Waals surface area contributed by atoms with Gasteiger partial charge < -0.3 is 9.47 Å². The summed E-state index contributed by atoms with van der Waals surface area (Å²) in [5, 5.41) is 4.03. The van der Waals surface area contributed by atoms with E-state index in [2.05, 4.69) is 19.2 Å². The van der Waals surface area contributed by atoms with Crippen LogP contribution in [0.4, 0.5) is 0 Å². The summed E-state index contributed by atoms with van der Waals surface area (Å²) in [5.74, 6) is -0.343. The summed E-state index contributed by atoms with van der Waals surface area (Å²) in [7, 11) is 1.76. The van der Waals surface area contributed by atoms with Gasteiger partial charge in [0.2, 0.25) is 0 Å². The number of nitrogens with zero attached hydrogens (tertiary/aromatic N) is 1. The zero-order valence-corrected chi connectivity index (χ0v) is 7.46. The molecule has 1 heterocycles. The van der Waals surface area contributed by atoms with Crippen molar-refractivity contribution in [1.29, 1.82) is 0 Å². The summed E-state index contributed by atoms with van der Waals surface area (Å²) in [6.45, 7) is 4.75. The maximum Gasteiger partial charge on any atom is 0.170 e. The first-order valence-electron chi connectivity index (χ1n) is 4.17. The van der Waals surface area contributed by atoms with Gasteiger partial charge in [0.1, 0.15) is 6.23 Å². The lowest BCUT2D eigenvalue weighted by molar-refractivity contribution is -0.174. The van der Waals surface area contributed by atoms with Gasteiger partial charge in [-0.05, 0) is 12.8 Å². The Kier molecular flexibility index (Phi) is 2.87. The number of rotatable bonds is 3. The molecule has 11 heavy (non-hydrogen) atoms. The van der Waals surface area contributed by atoms with Crippen molar-refractivity contribution >= 4 is 0 Å². The molecule has 0 N–H and O–H groups in total. The summed E-state index contributed by atoms with van der Waals surface area (Å²) in [5.41, 5.74) is 0. The maximum atomic E-state index is 5.61. The number of hydrogen-bond acceptors (Lipinski definition) is 2. The average Bonchev–Trinajstić information content (AvgIpc) is 2.49. The summed E-state index contributed by atoms with van der Waals surface area (Å²) < 4.78 is 11.1. The van der Waals surface area contributed by atoms with Gasteiger partial charge in [-0.25, -0.2) is 5.32 Å². The van der Waals surface area contributed by atoms with Crippen LogP contribution < -0.4 is 5.32 Å². The number of ether oxygens (including phenoxy) is 2. The van der Waals surface area contributed by atoms with Crippen molar-refractivity contribution in [2.75, 3.05) is 13.7 Å². The van der Waals surface area contributed by atoms with Crippen LogP contribution in [-0.2, 0) is 9.47 Å². The van der Waals surface area contributed by atoms with E-state index < -0.39 is 0 Å². The van der Waals surface area contributed by atoms with Crippen LogP contribution in [-0.4, -0.2) is 25.7 Å². The van der Waals surface area contributed by atoms with E-state index in [4.69, 9.17) is 9.47 Å². The van der Waals surface area contributed by atoms with Gasteiger partial charge in [-0.2, -0.15) is 0 Å². The maximum absolute atomic E-state index is 5.61. The van der Waals surface area contributed by atoms with Gasteiger partial charge in [0.05, 0.1) is 6.61 Å². The van der Waals surface area contributed by atoms with Crippen LogP contribution in [0.3, 0.4) is 0 Å². The first-order valence-corrected chi connectivity index (χ1v) is 4.17. The van der Waals surface area contributed by atoms with Gasteiger partial charge in [0, 0.05) is 7.05 Å². The molecular formula is C8H16NO2. The van der Waals surface area contributed by atoms with Crippen LogP contribution in [0.1, 0.15) is 26.7 Å². The number of likely N-dealkylation sites (N-methyl/N-ethyl adjacent to an activating group) is 1. The standard InChI is InChI=1S/C8H16NO2/c1-4-8(5-2)10-6-7(9-3)11-8/h7H,4-6H2,1-3H3/t7-/m0/s1. The van der Waals surface area contributed by atoms with E-state index in [0.29, 0.717) is 6.61 Å². The monoisotopic (exact) mass is 158 g/mol. The molecule has 1 radical (unpaired) electrons. The molecule has 0 aromatic rings. The zero-order valence-electron chi connectivity index (χ0n) is 7.46. The Morgan fingerprint density at radius 1 is 1.45 bits per heavy atom. The summed E-state index contributed by atoms with van der Waals surface area (Å²) in [6, 6.07) is 0. The smallest absolute Gasteiger partial charge is 0.170 e. The minimum Gasteiger partial charge on any atom is -0.346 e. The second-order valence-electron chi connectivity index (χ2n) is 2.76. The highest BCUT2D eigenvalue weighted by Crippen LogP contribution is 2.29. The van der Waals surface area contributed by atoms with Gasteiger partial charge in [0.15, 0.2) is 5.79 Å². The molecule has 1 fully saturated rings. The van der Waals surface area contributed by atoms with Crippen molar-refractivity contribution < 1.29 is 9.47 Å². The summed E-state index contributed by atoms with van der Waals surface area (Å²) in [6.07, 6.45) is 1.75. The fraction of sp³-hybridized carbons (Fsp3) is 1.00. The third kappa shape index (κ3) is 1.72. The Bertz CT molecular complexity index is 123. The highest BCUT2D eigenvalue weighted by atomic mass is 16.8. The van der Waals surface area contributed by atoms with Gasteiger partial charge in [-0.3, -0.25) is 0 Å². The van der Waals surface area contributed by atoms with E-state index in [1.54, 1.807) is 7.05 Å². The summed E-state index contributed by atoms with van der Waals surface area (Å²) >= 11 is 0. The Labute approximate surface area is 68.1 Å². The first-order chi connectivity index (χ1) is 5.26. The van der Waals surface area contributed by atoms with E-state index in [-0.39, 0.29) is 12.0 Å². The Hall–Kier alpha value is -0.120. The molecule has 1 saturated heterocycles. The van der Waals surface area contributed by atoms with Crippen molar-refractivity contribution in [2.45, 2.75) is 38.7 Å². The molecule has 0 spiro atoms. The highest BCUT2D eigenvalue weighted by Gasteiger charge is 2.37. The SMILES string of the molecule is CCC1(CC)OC[C@@H]([N]C)O1. The van der Waals surface area contributed by atoms with Crippen LogP contribution in [0.25, 0.3) is 0 Å². The highest BCUT2D eigenvalue weighted by molar-refractivity contribution is 4.74. The third-order valence-electron chi connectivity index (χ3n) is 2.21. The van der Waals surface area contributed by atoms with Crippen LogP contribution in [0, 0.1) is 0 Å². The predicted molar refractivity (Wildman–Crippen MR) is 42.2 cm³/mol. The molecule has 0 bridgehead atoms.